The van der Waals surface area contributed by atoms with E-state index in [2.05, 4.69) is 56.4 Å². The minimum atomic E-state index is -5.71. The molecule has 4 aromatic rings. The Hall–Kier alpha value is -3.91. The third-order valence-corrected chi connectivity index (χ3v) is 12.7. The summed E-state index contributed by atoms with van der Waals surface area (Å²) in [5.41, 5.74) is 3.09. The van der Waals surface area contributed by atoms with Crippen molar-refractivity contribution in [2.75, 3.05) is 63.5 Å². The number of nitrogens with zero attached hydrogens (tertiary/aromatic N) is 8. The fourth-order valence-electron chi connectivity index (χ4n) is 8.15. The molecule has 0 amide bonds. The molecule has 7 rings (SSSR count). The third-order valence-electron chi connectivity index (χ3n) is 11.4. The molecule has 52 heavy (non-hydrogen) atoms. The van der Waals surface area contributed by atoms with Gasteiger partial charge in [0.05, 0.1) is 11.8 Å². The number of piperidine rings is 1. The molecule has 2 aromatic carbocycles. The number of fused-ring (bicyclic) bond motifs is 2. The molecule has 3 aliphatic rings. The molecule has 0 saturated carbocycles. The SMILES string of the molecule is Cc1c(CN2CCC3(CC2)CN(c2ncnc4ccc(C(F)(F)C(F)(F)F)cc24)C3)ccc2c1cc(C#N)n2C[C@H](C)N1CCN(S(C)(=O)=O)CC1. The molecule has 0 aliphatic carbocycles. The molecular weight excluding hydrogens is 704 g/mol. The zero-order valence-corrected chi connectivity index (χ0v) is 30.1. The summed E-state index contributed by atoms with van der Waals surface area (Å²) in [6, 6.07) is 11.5. The van der Waals surface area contributed by atoms with E-state index in [1.165, 1.54) is 28.5 Å². The lowest BCUT2D eigenvalue weighted by Crippen LogP contribution is -2.60. The maximum atomic E-state index is 14.2. The summed E-state index contributed by atoms with van der Waals surface area (Å²) in [5, 5.41) is 11.3. The number of hydrogen-bond acceptors (Lipinski definition) is 8. The van der Waals surface area contributed by atoms with Gasteiger partial charge in [-0.15, -0.1) is 0 Å². The summed E-state index contributed by atoms with van der Waals surface area (Å²) in [6.45, 7) is 10.7. The molecule has 2 aromatic heterocycles. The van der Waals surface area contributed by atoms with E-state index in [1.54, 1.807) is 0 Å². The number of halogens is 5. The van der Waals surface area contributed by atoms with Gasteiger partial charge < -0.3 is 9.47 Å². The standard InChI is InChI=1S/C36H41F5N8O2S/c1-24(46-12-14-48(15-13-46)52(3,50)51)19-49-28(18-42)17-29-25(2)26(4-7-32(29)49)20-45-10-8-34(9-11-45)21-47(22-34)33-30-16-27(35(37,38)36(39,40)41)5-6-31(30)43-23-44-33/h4-7,16-17,23-24H,8-15,19-22H2,1-3H3/t24-/m0/s1. The van der Waals surface area contributed by atoms with Crippen molar-refractivity contribution in [1.82, 2.24) is 28.6 Å². The molecule has 0 N–H and O–H groups in total. The van der Waals surface area contributed by atoms with Gasteiger partial charge in [-0.2, -0.15) is 31.5 Å². The van der Waals surface area contributed by atoms with Crippen LogP contribution in [0.3, 0.4) is 0 Å². The number of sulfonamides is 1. The van der Waals surface area contributed by atoms with Crippen LogP contribution in [0.15, 0.2) is 42.7 Å². The molecule has 0 radical (unpaired) electrons. The Kier molecular flexibility index (Phi) is 9.24. The Morgan fingerprint density at radius 1 is 0.942 bits per heavy atom. The second-order valence-corrected chi connectivity index (χ2v) is 16.7. The van der Waals surface area contributed by atoms with Crippen molar-refractivity contribution in [1.29, 1.82) is 5.26 Å². The normalized spacial score (nSPS) is 20.0. The van der Waals surface area contributed by atoms with Crippen LogP contribution in [-0.2, 0) is 29.0 Å². The molecule has 3 saturated heterocycles. The molecule has 1 spiro atoms. The first-order chi connectivity index (χ1) is 24.5. The van der Waals surface area contributed by atoms with Gasteiger partial charge in [0.2, 0.25) is 10.0 Å². The Morgan fingerprint density at radius 3 is 2.27 bits per heavy atom. The van der Waals surface area contributed by atoms with Crippen LogP contribution >= 0.6 is 0 Å². The third kappa shape index (κ3) is 6.61. The number of alkyl halides is 5. The van der Waals surface area contributed by atoms with E-state index in [0.29, 0.717) is 62.8 Å². The summed E-state index contributed by atoms with van der Waals surface area (Å²) in [4.78, 5) is 15.0. The summed E-state index contributed by atoms with van der Waals surface area (Å²) in [5.74, 6) is -4.61. The van der Waals surface area contributed by atoms with Crippen molar-refractivity contribution in [3.05, 3.63) is 65.1 Å². The van der Waals surface area contributed by atoms with Crippen molar-refractivity contribution < 1.29 is 30.4 Å². The highest BCUT2D eigenvalue weighted by molar-refractivity contribution is 7.88. The lowest BCUT2D eigenvalue weighted by Gasteiger charge is -2.54. The predicted octanol–water partition coefficient (Wildman–Crippen LogP) is 5.49. The lowest BCUT2D eigenvalue weighted by molar-refractivity contribution is -0.289. The fraction of sp³-hybridized carbons (Fsp3) is 0.528. The van der Waals surface area contributed by atoms with Gasteiger partial charge in [0.1, 0.15) is 23.9 Å². The number of nitriles is 1. The number of aryl methyl sites for hydroxylation is 1. The van der Waals surface area contributed by atoms with Crippen LogP contribution in [0.5, 0.6) is 0 Å². The van der Waals surface area contributed by atoms with E-state index in [4.69, 9.17) is 0 Å². The molecule has 3 aliphatic heterocycles. The highest BCUT2D eigenvalue weighted by Crippen LogP contribution is 2.47. The molecule has 278 valence electrons. The summed E-state index contributed by atoms with van der Waals surface area (Å²) in [7, 11) is -3.21. The van der Waals surface area contributed by atoms with Crippen LogP contribution in [0.1, 0.15) is 42.1 Å². The van der Waals surface area contributed by atoms with Crippen LogP contribution in [0.4, 0.5) is 27.8 Å². The summed E-state index contributed by atoms with van der Waals surface area (Å²) >= 11 is 0. The second-order valence-electron chi connectivity index (χ2n) is 14.7. The fourth-order valence-corrected chi connectivity index (χ4v) is 8.97. The topological polar surface area (TPSA) is 102 Å². The van der Waals surface area contributed by atoms with Crippen molar-refractivity contribution in [3.8, 4) is 6.07 Å². The zero-order chi connectivity index (χ0) is 37.2. The molecule has 0 unspecified atom stereocenters. The number of benzene rings is 2. The summed E-state index contributed by atoms with van der Waals surface area (Å²) < 4.78 is 95.1. The van der Waals surface area contributed by atoms with E-state index >= 15 is 0 Å². The van der Waals surface area contributed by atoms with Crippen LogP contribution in [0, 0.1) is 23.7 Å². The maximum Gasteiger partial charge on any atom is 0.458 e. The maximum absolute atomic E-state index is 14.2. The van der Waals surface area contributed by atoms with Gasteiger partial charge in [0.25, 0.3) is 0 Å². The Labute approximate surface area is 299 Å². The molecule has 10 nitrogen and oxygen atoms in total. The molecule has 1 atom stereocenters. The number of likely N-dealkylation sites (tertiary alicyclic amines) is 1. The van der Waals surface area contributed by atoms with Crippen LogP contribution in [0.2, 0.25) is 0 Å². The molecule has 0 bridgehead atoms. The van der Waals surface area contributed by atoms with E-state index in [-0.39, 0.29) is 16.8 Å². The largest absolute Gasteiger partial charge is 0.458 e. The minimum absolute atomic E-state index is 0.00728. The first kappa shape index (κ1) is 36.4. The number of hydrogen-bond donors (Lipinski definition) is 0. The van der Waals surface area contributed by atoms with Crippen molar-refractivity contribution in [2.24, 2.45) is 5.41 Å². The number of piperazine rings is 1. The first-order valence-electron chi connectivity index (χ1n) is 17.4. The van der Waals surface area contributed by atoms with Crippen LogP contribution in [0.25, 0.3) is 21.8 Å². The van der Waals surface area contributed by atoms with Gasteiger partial charge in [-0.25, -0.2) is 18.4 Å². The van der Waals surface area contributed by atoms with E-state index < -0.39 is 27.7 Å². The van der Waals surface area contributed by atoms with Gasteiger partial charge >= 0.3 is 12.1 Å². The molecule has 5 heterocycles. The second kappa shape index (κ2) is 13.2. The summed E-state index contributed by atoms with van der Waals surface area (Å²) in [6.07, 6.45) is -1.33. The highest BCUT2D eigenvalue weighted by atomic mass is 32.2. The van der Waals surface area contributed by atoms with Gasteiger partial charge in [-0.05, 0) is 75.2 Å². The Morgan fingerprint density at radius 2 is 1.63 bits per heavy atom. The van der Waals surface area contributed by atoms with E-state index in [1.807, 2.05) is 11.0 Å². The van der Waals surface area contributed by atoms with Crippen molar-refractivity contribution in [3.63, 3.8) is 0 Å². The van der Waals surface area contributed by atoms with Crippen LogP contribution < -0.4 is 4.90 Å². The highest BCUT2D eigenvalue weighted by Gasteiger charge is 2.58. The van der Waals surface area contributed by atoms with Gasteiger partial charge in [-0.1, -0.05) is 12.1 Å². The smallest absolute Gasteiger partial charge is 0.355 e. The molecular formula is C36H41F5N8O2S. The number of anilines is 1. The first-order valence-corrected chi connectivity index (χ1v) is 19.2. The van der Waals surface area contributed by atoms with Gasteiger partial charge in [0.15, 0.2) is 0 Å². The average Bonchev–Trinajstić information content (AvgIpc) is 3.45. The average molecular weight is 745 g/mol. The Balaban J connectivity index is 0.992. The Bertz CT molecular complexity index is 2140. The van der Waals surface area contributed by atoms with Gasteiger partial charge in [0, 0.05) is 85.7 Å². The van der Waals surface area contributed by atoms with Crippen LogP contribution in [-0.4, -0.2) is 108 Å². The number of aromatic nitrogens is 3. The quantitative estimate of drug-likeness (QED) is 0.219. The minimum Gasteiger partial charge on any atom is -0.355 e. The molecule has 16 heteroatoms. The van der Waals surface area contributed by atoms with Crippen molar-refractivity contribution in [2.45, 2.75) is 57.9 Å². The van der Waals surface area contributed by atoms with Crippen molar-refractivity contribution >= 4 is 37.6 Å². The number of rotatable bonds is 8. The molecule has 3 fully saturated rings. The predicted molar refractivity (Wildman–Crippen MR) is 187 cm³/mol. The lowest BCUT2D eigenvalue weighted by atomic mass is 9.72. The zero-order valence-electron chi connectivity index (χ0n) is 29.3. The van der Waals surface area contributed by atoms with E-state index in [9.17, 15) is 35.6 Å². The van der Waals surface area contributed by atoms with E-state index in [0.717, 1.165) is 61.1 Å². The van der Waals surface area contributed by atoms with Gasteiger partial charge in [-0.3, -0.25) is 9.80 Å². The monoisotopic (exact) mass is 744 g/mol.